The lowest BCUT2D eigenvalue weighted by atomic mass is 10.1. The second-order valence-electron chi connectivity index (χ2n) is 7.32. The molecule has 6 nitrogen and oxygen atoms in total. The molecule has 0 spiro atoms. The first-order chi connectivity index (χ1) is 15.8. The van der Waals surface area contributed by atoms with E-state index in [0.717, 1.165) is 39.1 Å². The van der Waals surface area contributed by atoms with Gasteiger partial charge in [-0.1, -0.05) is 78.9 Å². The quantitative estimate of drug-likeness (QED) is 0.309. The molecule has 0 saturated carbocycles. The van der Waals surface area contributed by atoms with E-state index >= 15 is 0 Å². The van der Waals surface area contributed by atoms with Crippen molar-refractivity contribution in [2.75, 3.05) is 11.9 Å². The highest BCUT2D eigenvalue weighted by Crippen LogP contribution is 2.28. The van der Waals surface area contributed by atoms with E-state index in [-0.39, 0.29) is 12.5 Å². The Morgan fingerprint density at radius 1 is 0.906 bits per heavy atom. The van der Waals surface area contributed by atoms with Crippen LogP contribution in [0.3, 0.4) is 0 Å². The number of fused-ring (bicyclic) bond motifs is 2. The number of imidazole rings is 1. The van der Waals surface area contributed by atoms with Gasteiger partial charge in [0.25, 0.3) is 5.91 Å². The minimum absolute atomic E-state index is 0.0649. The molecule has 0 fully saturated rings. The minimum atomic E-state index is -0.244. The van der Waals surface area contributed by atoms with Crippen LogP contribution in [0.5, 0.6) is 0 Å². The third kappa shape index (κ3) is 3.94. The number of pyridine rings is 1. The van der Waals surface area contributed by atoms with Crippen LogP contribution in [0, 0.1) is 0 Å². The molecule has 1 amide bonds. The second-order valence-corrected chi connectivity index (χ2v) is 7.32. The van der Waals surface area contributed by atoms with Crippen LogP contribution in [0.1, 0.15) is 5.56 Å². The first kappa shape index (κ1) is 19.5. The Balaban J connectivity index is 1.32. The molecule has 0 aliphatic rings. The van der Waals surface area contributed by atoms with E-state index in [9.17, 15) is 4.79 Å². The molecule has 0 atom stereocenters. The number of aromatic nitrogens is 2. The number of hydrogen-bond donors (Lipinski definition) is 2. The summed E-state index contributed by atoms with van der Waals surface area (Å²) in [6.45, 7) is 0.0649. The van der Waals surface area contributed by atoms with Crippen molar-refractivity contribution in [1.29, 1.82) is 0 Å². The molecule has 0 bridgehead atoms. The smallest absolute Gasteiger partial charge is 0.259 e. The van der Waals surface area contributed by atoms with Gasteiger partial charge in [-0.25, -0.2) is 10.4 Å². The summed E-state index contributed by atoms with van der Waals surface area (Å²) >= 11 is 0. The largest absolute Gasteiger partial charge is 0.360 e. The standard InChI is InChI=1S/C26H21N5O/c32-24(30-28-17-21-13-8-12-19-9-4-5-14-22(19)21)18-27-26-25(20-10-2-1-3-11-20)29-23-15-6-7-16-31(23)26/h1-17,27H,18H2,(H,30,32)/b28-17+. The van der Waals surface area contributed by atoms with Gasteiger partial charge in [0.2, 0.25) is 0 Å². The van der Waals surface area contributed by atoms with Crippen LogP contribution in [-0.2, 0) is 4.79 Å². The molecular formula is C26H21N5O. The zero-order valence-electron chi connectivity index (χ0n) is 17.3. The van der Waals surface area contributed by atoms with E-state index in [2.05, 4.69) is 28.0 Å². The Morgan fingerprint density at radius 3 is 2.59 bits per heavy atom. The van der Waals surface area contributed by atoms with Gasteiger partial charge in [-0.3, -0.25) is 9.20 Å². The molecule has 6 heteroatoms. The molecule has 0 aliphatic heterocycles. The van der Waals surface area contributed by atoms with Crippen molar-refractivity contribution in [3.63, 3.8) is 0 Å². The van der Waals surface area contributed by atoms with Crippen molar-refractivity contribution in [3.8, 4) is 11.3 Å². The average molecular weight is 419 g/mol. The van der Waals surface area contributed by atoms with Crippen LogP contribution in [0.25, 0.3) is 27.7 Å². The number of rotatable bonds is 6. The SMILES string of the molecule is O=C(CNc1c(-c2ccccc2)nc2ccccn12)N/N=C/c1cccc2ccccc12. The van der Waals surface area contributed by atoms with Crippen molar-refractivity contribution in [1.82, 2.24) is 14.8 Å². The van der Waals surface area contributed by atoms with Gasteiger partial charge in [0.15, 0.2) is 0 Å². The summed E-state index contributed by atoms with van der Waals surface area (Å²) in [7, 11) is 0. The molecule has 0 aliphatic carbocycles. The predicted octanol–water partition coefficient (Wildman–Crippen LogP) is 4.72. The molecule has 2 aromatic heterocycles. The van der Waals surface area contributed by atoms with Crippen molar-refractivity contribution >= 4 is 34.4 Å². The summed E-state index contributed by atoms with van der Waals surface area (Å²) in [5, 5.41) is 9.59. The fourth-order valence-corrected chi connectivity index (χ4v) is 3.70. The van der Waals surface area contributed by atoms with Gasteiger partial charge in [-0.15, -0.1) is 0 Å². The van der Waals surface area contributed by atoms with Gasteiger partial charge in [0, 0.05) is 17.3 Å². The lowest BCUT2D eigenvalue weighted by Crippen LogP contribution is -2.26. The molecule has 156 valence electrons. The van der Waals surface area contributed by atoms with E-state index < -0.39 is 0 Å². The molecule has 0 saturated heterocycles. The predicted molar refractivity (Wildman–Crippen MR) is 129 cm³/mol. The lowest BCUT2D eigenvalue weighted by molar-refractivity contribution is -0.119. The molecule has 5 aromatic rings. The number of hydrazone groups is 1. The van der Waals surface area contributed by atoms with E-state index in [4.69, 9.17) is 4.98 Å². The molecule has 2 N–H and O–H groups in total. The van der Waals surface area contributed by atoms with E-state index in [1.54, 1.807) is 6.21 Å². The zero-order chi connectivity index (χ0) is 21.8. The Hall–Kier alpha value is -4.45. The monoisotopic (exact) mass is 419 g/mol. The van der Waals surface area contributed by atoms with Gasteiger partial charge in [0.05, 0.1) is 12.8 Å². The number of carbonyl (C=O) groups excluding carboxylic acids is 1. The molecule has 0 radical (unpaired) electrons. The normalized spacial score (nSPS) is 11.2. The number of amides is 1. The number of anilines is 1. The van der Waals surface area contributed by atoms with Gasteiger partial charge >= 0.3 is 0 Å². The fraction of sp³-hybridized carbons (Fsp3) is 0.0385. The highest BCUT2D eigenvalue weighted by molar-refractivity contribution is 6.00. The molecule has 5 rings (SSSR count). The summed E-state index contributed by atoms with van der Waals surface area (Å²) in [6.07, 6.45) is 3.59. The summed E-state index contributed by atoms with van der Waals surface area (Å²) in [6, 6.07) is 29.8. The third-order valence-corrected chi connectivity index (χ3v) is 5.21. The maximum absolute atomic E-state index is 12.5. The summed E-state index contributed by atoms with van der Waals surface area (Å²) in [5.41, 5.74) is 6.14. The van der Waals surface area contributed by atoms with Gasteiger partial charge in [-0.2, -0.15) is 5.10 Å². The molecular weight excluding hydrogens is 398 g/mol. The molecule has 32 heavy (non-hydrogen) atoms. The molecule has 3 aromatic carbocycles. The Morgan fingerprint density at radius 2 is 1.69 bits per heavy atom. The van der Waals surface area contributed by atoms with Crippen LogP contribution < -0.4 is 10.7 Å². The topological polar surface area (TPSA) is 70.8 Å². The summed E-state index contributed by atoms with van der Waals surface area (Å²) in [5.74, 6) is 0.520. The zero-order valence-corrected chi connectivity index (χ0v) is 17.3. The van der Waals surface area contributed by atoms with Crippen molar-refractivity contribution in [3.05, 3.63) is 103 Å². The number of nitrogens with one attached hydrogen (secondary N) is 2. The fourth-order valence-electron chi connectivity index (χ4n) is 3.70. The van der Waals surface area contributed by atoms with Gasteiger partial charge in [-0.05, 0) is 22.9 Å². The summed E-state index contributed by atoms with van der Waals surface area (Å²) in [4.78, 5) is 17.2. The highest BCUT2D eigenvalue weighted by atomic mass is 16.2. The highest BCUT2D eigenvalue weighted by Gasteiger charge is 2.14. The van der Waals surface area contributed by atoms with Crippen molar-refractivity contribution in [2.24, 2.45) is 5.10 Å². The molecule has 0 unspecified atom stereocenters. The number of carbonyl (C=O) groups is 1. The minimum Gasteiger partial charge on any atom is -0.360 e. The van der Waals surface area contributed by atoms with Crippen LogP contribution in [0.15, 0.2) is 102 Å². The maximum atomic E-state index is 12.5. The maximum Gasteiger partial charge on any atom is 0.259 e. The third-order valence-electron chi connectivity index (χ3n) is 5.21. The van der Waals surface area contributed by atoms with E-state index in [1.165, 1.54) is 0 Å². The number of benzene rings is 3. The van der Waals surface area contributed by atoms with Crippen LogP contribution in [-0.4, -0.2) is 28.1 Å². The van der Waals surface area contributed by atoms with Gasteiger partial charge in [0.1, 0.15) is 17.2 Å². The van der Waals surface area contributed by atoms with Gasteiger partial charge < -0.3 is 5.32 Å². The average Bonchev–Trinajstić information content (AvgIpc) is 3.22. The van der Waals surface area contributed by atoms with Crippen LogP contribution in [0.4, 0.5) is 5.82 Å². The first-order valence-corrected chi connectivity index (χ1v) is 10.4. The molecule has 2 heterocycles. The van der Waals surface area contributed by atoms with E-state index in [1.807, 2.05) is 89.5 Å². The number of hydrogen-bond acceptors (Lipinski definition) is 4. The van der Waals surface area contributed by atoms with Crippen molar-refractivity contribution in [2.45, 2.75) is 0 Å². The Bertz CT molecular complexity index is 1420. The lowest BCUT2D eigenvalue weighted by Gasteiger charge is -2.08. The van der Waals surface area contributed by atoms with Crippen LogP contribution >= 0.6 is 0 Å². The second kappa shape index (κ2) is 8.73. The van der Waals surface area contributed by atoms with E-state index in [0.29, 0.717) is 0 Å². The summed E-state index contributed by atoms with van der Waals surface area (Å²) < 4.78 is 1.94. The van der Waals surface area contributed by atoms with Crippen LogP contribution in [0.2, 0.25) is 0 Å². The van der Waals surface area contributed by atoms with Crippen molar-refractivity contribution < 1.29 is 4.79 Å². The Labute approximate surface area is 185 Å². The first-order valence-electron chi connectivity index (χ1n) is 10.4. The number of nitrogens with zero attached hydrogens (tertiary/aromatic N) is 3. The Kier molecular flexibility index (Phi) is 5.32.